The highest BCUT2D eigenvalue weighted by Gasteiger charge is 2.33. The normalized spacial score (nSPS) is 15.3. The third kappa shape index (κ3) is 4.92. The van der Waals surface area contributed by atoms with Crippen molar-refractivity contribution in [3.05, 3.63) is 77.1 Å². The molecule has 0 radical (unpaired) electrons. The van der Waals surface area contributed by atoms with Crippen LogP contribution in [0.2, 0.25) is 0 Å². The minimum absolute atomic E-state index is 0.0944. The Labute approximate surface area is 209 Å². The van der Waals surface area contributed by atoms with Crippen LogP contribution in [-0.2, 0) is 9.53 Å². The molecule has 2 aromatic heterocycles. The van der Waals surface area contributed by atoms with Crippen LogP contribution in [0.4, 0.5) is 0 Å². The van der Waals surface area contributed by atoms with Gasteiger partial charge in [-0.1, -0.05) is 23.5 Å². The molecule has 4 rings (SSSR count). The SMILES string of the molecule is CCOC(=O)C1=C(C)N=c2s/c(=C\c3ccc(OCC#N)c(OCC)c3)c(=O)n2[C@@H]1c1cccs1. The van der Waals surface area contributed by atoms with E-state index in [0.29, 0.717) is 38.7 Å². The van der Waals surface area contributed by atoms with Crippen LogP contribution in [0.3, 0.4) is 0 Å². The van der Waals surface area contributed by atoms with Gasteiger partial charge in [-0.2, -0.15) is 5.26 Å². The molecule has 1 aromatic carbocycles. The first-order valence-corrected chi connectivity index (χ1v) is 12.7. The summed E-state index contributed by atoms with van der Waals surface area (Å²) in [7, 11) is 0. The number of thiophene rings is 1. The van der Waals surface area contributed by atoms with E-state index in [2.05, 4.69) is 4.99 Å². The Hall–Kier alpha value is -3.68. The first-order chi connectivity index (χ1) is 17.0. The van der Waals surface area contributed by atoms with Crippen LogP contribution in [-0.4, -0.2) is 30.4 Å². The van der Waals surface area contributed by atoms with E-state index in [1.807, 2.05) is 30.5 Å². The van der Waals surface area contributed by atoms with Crippen molar-refractivity contribution >= 4 is 34.7 Å². The number of ether oxygens (including phenoxy) is 3. The number of nitriles is 1. The summed E-state index contributed by atoms with van der Waals surface area (Å²) in [5.41, 5.74) is 1.39. The Kier molecular flexibility index (Phi) is 7.48. The van der Waals surface area contributed by atoms with E-state index in [1.165, 1.54) is 22.7 Å². The predicted octanol–water partition coefficient (Wildman–Crippen LogP) is 3.16. The average Bonchev–Trinajstić information content (AvgIpc) is 3.47. The number of thiazole rings is 1. The molecule has 8 nitrogen and oxygen atoms in total. The molecule has 0 amide bonds. The van der Waals surface area contributed by atoms with E-state index in [0.717, 1.165) is 10.4 Å². The van der Waals surface area contributed by atoms with E-state index in [-0.39, 0.29) is 18.8 Å². The van der Waals surface area contributed by atoms with Crippen LogP contribution in [0.25, 0.3) is 6.08 Å². The number of carbonyl (C=O) groups excluding carboxylic acids is 1. The van der Waals surface area contributed by atoms with Gasteiger partial charge in [0.2, 0.25) is 0 Å². The van der Waals surface area contributed by atoms with Crippen LogP contribution >= 0.6 is 22.7 Å². The lowest BCUT2D eigenvalue weighted by Gasteiger charge is -2.23. The quantitative estimate of drug-likeness (QED) is 0.432. The van der Waals surface area contributed by atoms with Gasteiger partial charge in [0.05, 0.1) is 29.0 Å². The summed E-state index contributed by atoms with van der Waals surface area (Å²) in [6.07, 6.45) is 1.76. The number of aromatic nitrogens is 1. The van der Waals surface area contributed by atoms with Gasteiger partial charge >= 0.3 is 5.97 Å². The van der Waals surface area contributed by atoms with Gasteiger partial charge in [0.15, 0.2) is 22.9 Å². The highest BCUT2D eigenvalue weighted by Crippen LogP contribution is 2.33. The minimum atomic E-state index is -0.604. The van der Waals surface area contributed by atoms with E-state index >= 15 is 0 Å². The summed E-state index contributed by atoms with van der Waals surface area (Å²) in [6, 6.07) is 10.4. The summed E-state index contributed by atoms with van der Waals surface area (Å²) in [5.74, 6) is 0.469. The smallest absolute Gasteiger partial charge is 0.338 e. The number of esters is 1. The monoisotopic (exact) mass is 509 g/mol. The number of carbonyl (C=O) groups is 1. The molecule has 3 heterocycles. The number of rotatable bonds is 8. The minimum Gasteiger partial charge on any atom is -0.490 e. The van der Waals surface area contributed by atoms with Crippen molar-refractivity contribution in [2.75, 3.05) is 19.8 Å². The van der Waals surface area contributed by atoms with E-state index in [4.69, 9.17) is 19.5 Å². The first kappa shape index (κ1) is 24.4. The molecule has 0 fully saturated rings. The molecule has 0 saturated carbocycles. The molecule has 0 bridgehead atoms. The summed E-state index contributed by atoms with van der Waals surface area (Å²) in [6.45, 7) is 5.92. The maximum absolute atomic E-state index is 13.6. The molecule has 3 aromatic rings. The third-order valence-corrected chi connectivity index (χ3v) is 7.09. The van der Waals surface area contributed by atoms with Crippen molar-refractivity contribution < 1.29 is 19.0 Å². The van der Waals surface area contributed by atoms with Crippen molar-refractivity contribution in [2.24, 2.45) is 4.99 Å². The number of fused-ring (bicyclic) bond motifs is 1. The number of benzene rings is 1. The summed E-state index contributed by atoms with van der Waals surface area (Å²) in [5, 5.41) is 10.7. The molecule has 0 saturated heterocycles. The number of allylic oxidation sites excluding steroid dienone is 1. The lowest BCUT2D eigenvalue weighted by molar-refractivity contribution is -0.139. The lowest BCUT2D eigenvalue weighted by atomic mass is 10.0. The highest BCUT2D eigenvalue weighted by atomic mass is 32.1. The van der Waals surface area contributed by atoms with E-state index < -0.39 is 12.0 Å². The molecule has 0 N–H and O–H groups in total. The number of hydrogen-bond acceptors (Lipinski definition) is 9. The lowest BCUT2D eigenvalue weighted by Crippen LogP contribution is -2.39. The second-order valence-electron chi connectivity index (χ2n) is 7.40. The molecule has 1 aliphatic rings. The van der Waals surface area contributed by atoms with Crippen LogP contribution in [0.5, 0.6) is 11.5 Å². The fourth-order valence-electron chi connectivity index (χ4n) is 3.77. The molecule has 0 unspecified atom stereocenters. The van der Waals surface area contributed by atoms with Crippen molar-refractivity contribution in [3.63, 3.8) is 0 Å². The highest BCUT2D eigenvalue weighted by molar-refractivity contribution is 7.10. The maximum atomic E-state index is 13.6. The zero-order valence-corrected chi connectivity index (χ0v) is 21.1. The fourth-order valence-corrected chi connectivity index (χ4v) is 5.64. The molecule has 35 heavy (non-hydrogen) atoms. The molecule has 1 aliphatic heterocycles. The number of nitrogens with zero attached hydrogens (tertiary/aromatic N) is 3. The summed E-state index contributed by atoms with van der Waals surface area (Å²) in [4.78, 5) is 32.4. The molecule has 0 aliphatic carbocycles. The maximum Gasteiger partial charge on any atom is 0.338 e. The van der Waals surface area contributed by atoms with Gasteiger partial charge in [-0.15, -0.1) is 11.3 Å². The van der Waals surface area contributed by atoms with Gasteiger partial charge in [-0.05, 0) is 56.0 Å². The number of hydrogen-bond donors (Lipinski definition) is 0. The molecule has 1 atom stereocenters. The van der Waals surface area contributed by atoms with Crippen LogP contribution in [0, 0.1) is 11.3 Å². The first-order valence-electron chi connectivity index (χ1n) is 11.0. The van der Waals surface area contributed by atoms with Gasteiger partial charge in [0, 0.05) is 4.88 Å². The van der Waals surface area contributed by atoms with Crippen LogP contribution in [0.1, 0.15) is 37.3 Å². The predicted molar refractivity (Wildman–Crippen MR) is 133 cm³/mol. The molecule has 0 spiro atoms. The fraction of sp³-hybridized carbons (Fsp3) is 0.280. The average molecular weight is 510 g/mol. The Balaban J connectivity index is 1.84. The molecular weight excluding hydrogens is 486 g/mol. The standard InChI is InChI=1S/C25H23N3O5S2/c1-4-31-18-13-16(8-9-17(18)33-11-10-26)14-20-23(29)28-22(19-7-6-12-34-19)21(24(30)32-5-2)15(3)27-25(28)35-20/h6-9,12-14,22H,4-5,11H2,1-3H3/b20-14-/t22-/m1/s1. The van der Waals surface area contributed by atoms with Gasteiger partial charge < -0.3 is 14.2 Å². The van der Waals surface area contributed by atoms with Crippen molar-refractivity contribution in [2.45, 2.75) is 26.8 Å². The van der Waals surface area contributed by atoms with Gasteiger partial charge in [-0.25, -0.2) is 9.79 Å². The molecular formula is C25H23N3O5S2. The van der Waals surface area contributed by atoms with E-state index in [1.54, 1.807) is 42.7 Å². The Bertz CT molecular complexity index is 1490. The Morgan fingerprint density at radius 3 is 2.74 bits per heavy atom. The van der Waals surface area contributed by atoms with Crippen molar-refractivity contribution in [1.82, 2.24) is 4.57 Å². The molecule has 180 valence electrons. The van der Waals surface area contributed by atoms with Crippen LogP contribution < -0.4 is 24.4 Å². The third-order valence-electron chi connectivity index (χ3n) is 5.19. The van der Waals surface area contributed by atoms with Crippen molar-refractivity contribution in [3.8, 4) is 17.6 Å². The molecule has 10 heteroatoms. The van der Waals surface area contributed by atoms with Gasteiger partial charge in [0.1, 0.15) is 12.1 Å². The zero-order valence-electron chi connectivity index (χ0n) is 19.4. The van der Waals surface area contributed by atoms with Gasteiger partial charge in [-0.3, -0.25) is 9.36 Å². The Morgan fingerprint density at radius 2 is 2.06 bits per heavy atom. The van der Waals surface area contributed by atoms with Crippen LogP contribution in [0.15, 0.2) is 56.8 Å². The second kappa shape index (κ2) is 10.7. The van der Waals surface area contributed by atoms with Gasteiger partial charge in [0.25, 0.3) is 5.56 Å². The largest absolute Gasteiger partial charge is 0.490 e. The van der Waals surface area contributed by atoms with E-state index in [9.17, 15) is 9.59 Å². The summed E-state index contributed by atoms with van der Waals surface area (Å²) >= 11 is 2.73. The zero-order chi connectivity index (χ0) is 24.9. The Morgan fingerprint density at radius 1 is 1.23 bits per heavy atom. The van der Waals surface area contributed by atoms with Crippen molar-refractivity contribution in [1.29, 1.82) is 5.26 Å². The topological polar surface area (TPSA) is 103 Å². The second-order valence-corrected chi connectivity index (χ2v) is 9.39. The summed E-state index contributed by atoms with van der Waals surface area (Å²) < 4.78 is 18.4.